The van der Waals surface area contributed by atoms with Crippen molar-refractivity contribution in [3.05, 3.63) is 41.7 Å². The Morgan fingerprint density at radius 2 is 1.89 bits per heavy atom. The molecule has 0 bridgehead atoms. The highest BCUT2D eigenvalue weighted by molar-refractivity contribution is 6.32. The number of rotatable bonds is 3. The second-order valence-corrected chi connectivity index (χ2v) is 6.61. The van der Waals surface area contributed by atoms with Crippen LogP contribution >= 0.6 is 11.6 Å². The number of piperidine rings is 1. The van der Waals surface area contributed by atoms with Crippen LogP contribution in [0.3, 0.4) is 0 Å². The van der Waals surface area contributed by atoms with Crippen molar-refractivity contribution in [1.82, 2.24) is 24.3 Å². The van der Waals surface area contributed by atoms with Crippen LogP contribution in [0.15, 0.2) is 31.0 Å². The van der Waals surface area contributed by atoms with Gasteiger partial charge in [0.25, 0.3) is 0 Å². The number of anilines is 2. The Balaban J connectivity index is 1.49. The maximum Gasteiger partial charge on any atom is 0.419 e. The molecule has 1 aliphatic rings. The van der Waals surface area contributed by atoms with Gasteiger partial charge in [-0.3, -0.25) is 4.40 Å². The van der Waals surface area contributed by atoms with Crippen LogP contribution in [0.4, 0.5) is 25.1 Å². The van der Waals surface area contributed by atoms with Crippen molar-refractivity contribution in [1.29, 1.82) is 0 Å². The number of nitrogens with one attached hydrogen (secondary N) is 1. The average Bonchev–Trinajstić information content (AvgIpc) is 3.07. The third-order valence-corrected chi connectivity index (χ3v) is 4.70. The highest BCUT2D eigenvalue weighted by Gasteiger charge is 2.31. The molecule has 0 aromatic carbocycles. The zero-order valence-electron chi connectivity index (χ0n) is 14.0. The summed E-state index contributed by atoms with van der Waals surface area (Å²) in [4.78, 5) is 18.1. The van der Waals surface area contributed by atoms with Gasteiger partial charge in [-0.05, 0) is 12.8 Å². The van der Waals surface area contributed by atoms with Crippen LogP contribution in [0, 0.1) is 0 Å². The van der Waals surface area contributed by atoms with Crippen LogP contribution < -0.4 is 10.2 Å². The minimum absolute atomic E-state index is 0.0138. The van der Waals surface area contributed by atoms with Crippen molar-refractivity contribution in [2.75, 3.05) is 23.3 Å². The number of alkyl halides is 3. The third-order valence-electron chi connectivity index (χ3n) is 4.41. The number of nitrogens with zero attached hydrogens (tertiary/aromatic N) is 6. The Bertz CT molecular complexity index is 941. The maximum atomic E-state index is 12.6. The molecule has 1 unspecified atom stereocenters. The van der Waals surface area contributed by atoms with Crippen molar-refractivity contribution in [3.8, 4) is 0 Å². The second-order valence-electron chi connectivity index (χ2n) is 6.25. The van der Waals surface area contributed by atoms with Gasteiger partial charge in [0.2, 0.25) is 11.9 Å². The highest BCUT2D eigenvalue weighted by Crippen LogP contribution is 2.28. The van der Waals surface area contributed by atoms with Gasteiger partial charge in [-0.25, -0.2) is 19.9 Å². The molecule has 3 aromatic heterocycles. The summed E-state index contributed by atoms with van der Waals surface area (Å²) in [5.41, 5.74) is -0.150. The summed E-state index contributed by atoms with van der Waals surface area (Å²) in [5, 5.41) is 3.48. The number of hydrogen-bond acceptors (Lipinski definition) is 6. The first-order valence-electron chi connectivity index (χ1n) is 8.30. The Labute approximate surface area is 157 Å². The Hall–Kier alpha value is -2.62. The normalized spacial score (nSPS) is 18.1. The molecule has 4 heterocycles. The van der Waals surface area contributed by atoms with Crippen LogP contribution in [0.1, 0.15) is 18.4 Å². The lowest BCUT2D eigenvalue weighted by Gasteiger charge is -2.33. The Morgan fingerprint density at radius 1 is 1.11 bits per heavy atom. The number of aromatic nitrogens is 5. The zero-order chi connectivity index (χ0) is 19.0. The molecule has 27 heavy (non-hydrogen) atoms. The van der Waals surface area contributed by atoms with Crippen LogP contribution in [0.25, 0.3) is 5.52 Å². The van der Waals surface area contributed by atoms with Gasteiger partial charge in [-0.2, -0.15) is 13.2 Å². The first kappa shape index (κ1) is 17.8. The summed E-state index contributed by atoms with van der Waals surface area (Å²) in [6.45, 7) is 1.43. The molecule has 1 atom stereocenters. The van der Waals surface area contributed by atoms with Crippen LogP contribution in [-0.4, -0.2) is 43.5 Å². The van der Waals surface area contributed by atoms with E-state index in [1.165, 1.54) is 0 Å². The van der Waals surface area contributed by atoms with Crippen LogP contribution in [-0.2, 0) is 6.18 Å². The summed E-state index contributed by atoms with van der Waals surface area (Å²) in [5.74, 6) is 0.921. The van der Waals surface area contributed by atoms with E-state index in [1.54, 1.807) is 18.6 Å². The number of halogens is 4. The van der Waals surface area contributed by atoms with E-state index in [4.69, 9.17) is 11.6 Å². The van der Waals surface area contributed by atoms with E-state index in [-0.39, 0.29) is 12.0 Å². The molecule has 7 nitrogen and oxygen atoms in total. The molecular formula is C16H15ClF3N7. The van der Waals surface area contributed by atoms with E-state index < -0.39 is 11.7 Å². The first-order chi connectivity index (χ1) is 12.9. The zero-order valence-corrected chi connectivity index (χ0v) is 14.7. The van der Waals surface area contributed by atoms with Gasteiger partial charge in [0.05, 0.1) is 11.8 Å². The second kappa shape index (κ2) is 6.84. The summed E-state index contributed by atoms with van der Waals surface area (Å²) in [7, 11) is 0. The SMILES string of the molecule is FC(F)(F)c1cnc(NC2CCCN(c3ncc4c(Cl)nccn34)C2)nc1. The van der Waals surface area contributed by atoms with E-state index in [1.807, 2.05) is 4.40 Å². The fraction of sp³-hybridized carbons (Fsp3) is 0.375. The van der Waals surface area contributed by atoms with Crippen LogP contribution in [0.5, 0.6) is 0 Å². The topological polar surface area (TPSA) is 71.2 Å². The Morgan fingerprint density at radius 3 is 2.63 bits per heavy atom. The van der Waals surface area contributed by atoms with Crippen molar-refractivity contribution in [2.45, 2.75) is 25.1 Å². The largest absolute Gasteiger partial charge is 0.419 e. The van der Waals surface area contributed by atoms with Gasteiger partial charge in [-0.1, -0.05) is 11.6 Å². The molecule has 4 rings (SSSR count). The smallest absolute Gasteiger partial charge is 0.350 e. The number of fused-ring (bicyclic) bond motifs is 1. The summed E-state index contributed by atoms with van der Waals surface area (Å²) >= 11 is 6.09. The molecule has 0 saturated carbocycles. The minimum Gasteiger partial charge on any atom is -0.350 e. The third kappa shape index (κ3) is 3.61. The molecule has 0 spiro atoms. The van der Waals surface area contributed by atoms with Gasteiger partial charge in [-0.15, -0.1) is 0 Å². The molecule has 0 amide bonds. The van der Waals surface area contributed by atoms with E-state index in [0.717, 1.165) is 43.2 Å². The molecule has 0 radical (unpaired) electrons. The average molecular weight is 398 g/mol. The van der Waals surface area contributed by atoms with Gasteiger partial charge in [0.15, 0.2) is 5.15 Å². The van der Waals surface area contributed by atoms with Crippen molar-refractivity contribution in [2.24, 2.45) is 0 Å². The van der Waals surface area contributed by atoms with Crippen molar-refractivity contribution < 1.29 is 13.2 Å². The first-order valence-corrected chi connectivity index (χ1v) is 8.68. The van der Waals surface area contributed by atoms with Crippen molar-refractivity contribution in [3.63, 3.8) is 0 Å². The predicted molar refractivity (Wildman–Crippen MR) is 93.9 cm³/mol. The molecule has 1 N–H and O–H groups in total. The number of hydrogen-bond donors (Lipinski definition) is 1. The van der Waals surface area contributed by atoms with E-state index in [9.17, 15) is 13.2 Å². The van der Waals surface area contributed by atoms with E-state index >= 15 is 0 Å². The summed E-state index contributed by atoms with van der Waals surface area (Å²) in [6, 6.07) is -0.0138. The van der Waals surface area contributed by atoms with Gasteiger partial charge in [0.1, 0.15) is 5.52 Å². The van der Waals surface area contributed by atoms with E-state index in [0.29, 0.717) is 11.7 Å². The van der Waals surface area contributed by atoms with Gasteiger partial charge >= 0.3 is 6.18 Å². The van der Waals surface area contributed by atoms with E-state index in [2.05, 4.69) is 30.2 Å². The molecule has 0 aliphatic carbocycles. The maximum absolute atomic E-state index is 12.6. The summed E-state index contributed by atoms with van der Waals surface area (Å²) in [6.07, 6.45) is 3.94. The summed E-state index contributed by atoms with van der Waals surface area (Å²) < 4.78 is 39.7. The standard InChI is InChI=1S/C16H15ClF3N7/c17-13-12-8-24-15(27(12)5-3-21-13)26-4-1-2-11(9-26)25-14-22-6-10(7-23-14)16(18,19)20/h3,5-8,11H,1-2,4,9H2,(H,22,23,25). The fourth-order valence-electron chi connectivity index (χ4n) is 3.12. The molecular weight excluding hydrogens is 383 g/mol. The van der Waals surface area contributed by atoms with Crippen molar-refractivity contribution >= 4 is 29.0 Å². The quantitative estimate of drug-likeness (QED) is 0.731. The molecule has 1 saturated heterocycles. The van der Waals surface area contributed by atoms with Gasteiger partial charge in [0, 0.05) is 43.9 Å². The molecule has 11 heteroatoms. The lowest BCUT2D eigenvalue weighted by molar-refractivity contribution is -0.138. The monoisotopic (exact) mass is 397 g/mol. The minimum atomic E-state index is -4.45. The molecule has 1 aliphatic heterocycles. The molecule has 142 valence electrons. The van der Waals surface area contributed by atoms with Gasteiger partial charge < -0.3 is 10.2 Å². The molecule has 1 fully saturated rings. The Kier molecular flexibility index (Phi) is 4.50. The fourth-order valence-corrected chi connectivity index (χ4v) is 3.32. The lowest BCUT2D eigenvalue weighted by atomic mass is 10.1. The number of imidazole rings is 1. The highest BCUT2D eigenvalue weighted by atomic mass is 35.5. The lowest BCUT2D eigenvalue weighted by Crippen LogP contribution is -2.43. The predicted octanol–water partition coefficient (Wildman–Crippen LogP) is 3.27. The molecule has 3 aromatic rings. The van der Waals surface area contributed by atoms with Crippen LogP contribution in [0.2, 0.25) is 5.15 Å².